The Morgan fingerprint density at radius 3 is 2.35 bits per heavy atom. The third-order valence-electron chi connectivity index (χ3n) is 5.77. The third kappa shape index (κ3) is 5.73. The number of aliphatic hydroxyl groups is 3. The van der Waals surface area contributed by atoms with E-state index in [4.69, 9.17) is 28.5 Å². The van der Waals surface area contributed by atoms with Crippen LogP contribution >= 0.6 is 0 Å². The van der Waals surface area contributed by atoms with Gasteiger partial charge in [0.1, 0.15) is 60.8 Å². The summed E-state index contributed by atoms with van der Waals surface area (Å²) in [6.07, 6.45) is -7.43. The molecule has 4 N–H and O–H groups in total. The molecule has 12 nitrogen and oxygen atoms in total. The molecule has 5 unspecified atom stereocenters. The van der Waals surface area contributed by atoms with Gasteiger partial charge in [-0.2, -0.15) is 0 Å². The predicted molar refractivity (Wildman–Crippen MR) is 125 cm³/mol. The van der Waals surface area contributed by atoms with Crippen molar-refractivity contribution >= 4 is 22.9 Å². The van der Waals surface area contributed by atoms with Crippen LogP contribution in [-0.4, -0.2) is 76.8 Å². The van der Waals surface area contributed by atoms with Gasteiger partial charge in [-0.25, -0.2) is 0 Å². The lowest BCUT2D eigenvalue weighted by Crippen LogP contribution is -2.60. The molecule has 1 fully saturated rings. The van der Waals surface area contributed by atoms with Gasteiger partial charge >= 0.3 is 11.9 Å². The first kappa shape index (κ1) is 26.1. The van der Waals surface area contributed by atoms with Crippen LogP contribution in [0.4, 0.5) is 0 Å². The number of benzene rings is 2. The zero-order valence-corrected chi connectivity index (χ0v) is 19.5. The molecule has 4 rings (SSSR count). The van der Waals surface area contributed by atoms with Gasteiger partial charge in [0.25, 0.3) is 0 Å². The molecular formula is C25H24O12. The van der Waals surface area contributed by atoms with Crippen molar-refractivity contribution in [1.29, 1.82) is 0 Å². The Balaban J connectivity index is 1.51. The summed E-state index contributed by atoms with van der Waals surface area (Å²) in [5.41, 5.74) is 0.879. The second-order valence-electron chi connectivity index (χ2n) is 8.25. The van der Waals surface area contributed by atoms with Gasteiger partial charge < -0.3 is 43.8 Å². The van der Waals surface area contributed by atoms with E-state index in [0.29, 0.717) is 16.9 Å². The second kappa shape index (κ2) is 11.0. The summed E-state index contributed by atoms with van der Waals surface area (Å²) < 4.78 is 26.6. The smallest absolute Gasteiger partial charge is 0.317 e. The number of hydrogen-bond acceptors (Lipinski definition) is 11. The molecular weight excluding hydrogens is 492 g/mol. The molecule has 1 saturated heterocycles. The molecule has 0 aliphatic carbocycles. The van der Waals surface area contributed by atoms with Crippen molar-refractivity contribution in [2.75, 3.05) is 13.7 Å². The third-order valence-corrected chi connectivity index (χ3v) is 5.77. The highest BCUT2D eigenvalue weighted by Gasteiger charge is 2.45. The number of methoxy groups -OCH3 is 1. The molecule has 0 bridgehead atoms. The van der Waals surface area contributed by atoms with Crippen molar-refractivity contribution in [2.24, 2.45) is 0 Å². The number of carboxylic acid groups (broad SMARTS) is 1. The Morgan fingerprint density at radius 2 is 1.68 bits per heavy atom. The van der Waals surface area contributed by atoms with Gasteiger partial charge in [0.15, 0.2) is 5.43 Å². The zero-order valence-electron chi connectivity index (χ0n) is 19.5. The van der Waals surface area contributed by atoms with Crippen molar-refractivity contribution in [1.82, 2.24) is 0 Å². The molecule has 0 saturated carbocycles. The highest BCUT2D eigenvalue weighted by Crippen LogP contribution is 2.28. The van der Waals surface area contributed by atoms with Gasteiger partial charge in [0.2, 0.25) is 6.29 Å². The van der Waals surface area contributed by atoms with Gasteiger partial charge in [-0.1, -0.05) is 12.1 Å². The Hall–Kier alpha value is -3.97. The number of carbonyl (C=O) groups excluding carboxylic acids is 1. The number of esters is 1. The molecule has 1 aliphatic heterocycles. The van der Waals surface area contributed by atoms with Gasteiger partial charge in [0, 0.05) is 6.07 Å². The zero-order chi connectivity index (χ0) is 26.7. The maximum absolute atomic E-state index is 13.0. The number of rotatable bonds is 8. The standard InChI is InChI=1S/C25H24O12/c1-33-13-4-2-12(3-5-13)16-10-34-17-8-14(6-7-15(17)21(16)29)36-25-24(32)23(31)22(30)18(37-25)11-35-20(28)9-19(26)27/h2-8,10,18,22-25,30-32H,9,11H2,1H3,(H,26,27). The topological polar surface area (TPSA) is 182 Å². The quantitative estimate of drug-likeness (QED) is 0.243. The number of hydrogen-bond donors (Lipinski definition) is 4. The highest BCUT2D eigenvalue weighted by atomic mass is 16.7. The molecule has 5 atom stereocenters. The Labute approximate surface area is 209 Å². The fourth-order valence-electron chi connectivity index (χ4n) is 3.79. The lowest BCUT2D eigenvalue weighted by atomic mass is 9.99. The average molecular weight is 516 g/mol. The lowest BCUT2D eigenvalue weighted by molar-refractivity contribution is -0.278. The summed E-state index contributed by atoms with van der Waals surface area (Å²) >= 11 is 0. The van der Waals surface area contributed by atoms with E-state index < -0.39 is 55.7 Å². The van der Waals surface area contributed by atoms with Crippen molar-refractivity contribution in [3.8, 4) is 22.6 Å². The summed E-state index contributed by atoms with van der Waals surface area (Å²) in [5.74, 6) is -1.71. The van der Waals surface area contributed by atoms with Crippen LogP contribution in [0.5, 0.6) is 11.5 Å². The Bertz CT molecular complexity index is 1330. The van der Waals surface area contributed by atoms with E-state index in [0.717, 1.165) is 0 Å². The van der Waals surface area contributed by atoms with Crippen LogP contribution in [0.1, 0.15) is 6.42 Å². The van der Waals surface area contributed by atoms with Crippen LogP contribution in [0.15, 0.2) is 57.9 Å². The summed E-state index contributed by atoms with van der Waals surface area (Å²) in [6.45, 7) is -0.586. The lowest BCUT2D eigenvalue weighted by Gasteiger charge is -2.39. The molecule has 1 aliphatic rings. The van der Waals surface area contributed by atoms with Crippen LogP contribution in [0.3, 0.4) is 0 Å². The van der Waals surface area contributed by atoms with Gasteiger partial charge in [0.05, 0.1) is 18.1 Å². The molecule has 0 radical (unpaired) electrons. The number of carbonyl (C=O) groups is 2. The molecule has 12 heteroatoms. The molecule has 37 heavy (non-hydrogen) atoms. The SMILES string of the molecule is COc1ccc(-c2coc3cc(OC4OC(COC(=O)CC(=O)O)C(O)C(O)C4O)ccc3c2=O)cc1. The minimum Gasteiger partial charge on any atom is -0.497 e. The molecule has 196 valence electrons. The fraction of sp³-hybridized carbons (Fsp3) is 0.320. The van der Waals surface area contributed by atoms with E-state index >= 15 is 0 Å². The van der Waals surface area contributed by atoms with E-state index in [2.05, 4.69) is 0 Å². The first-order valence-electron chi connectivity index (χ1n) is 11.1. The summed E-state index contributed by atoms with van der Waals surface area (Å²) in [5, 5.41) is 39.6. The number of carboxylic acids is 1. The normalized spacial score (nSPS) is 23.4. The summed E-state index contributed by atoms with van der Waals surface area (Å²) in [4.78, 5) is 35.1. The molecule has 2 aromatic carbocycles. The molecule has 2 heterocycles. The summed E-state index contributed by atoms with van der Waals surface area (Å²) in [6, 6.07) is 11.2. The highest BCUT2D eigenvalue weighted by molar-refractivity contribution is 5.90. The number of aliphatic hydroxyl groups excluding tert-OH is 3. The van der Waals surface area contributed by atoms with Crippen LogP contribution in [0.2, 0.25) is 0 Å². The number of ether oxygens (including phenoxy) is 4. The maximum atomic E-state index is 13.0. The van der Waals surface area contributed by atoms with Gasteiger partial charge in [-0.15, -0.1) is 0 Å². The average Bonchev–Trinajstić information content (AvgIpc) is 2.88. The maximum Gasteiger partial charge on any atom is 0.317 e. The first-order valence-corrected chi connectivity index (χ1v) is 11.1. The van der Waals surface area contributed by atoms with Crippen molar-refractivity contribution in [3.05, 3.63) is 59.0 Å². The fourth-order valence-corrected chi connectivity index (χ4v) is 3.79. The first-order chi connectivity index (χ1) is 17.7. The van der Waals surface area contributed by atoms with E-state index in [-0.39, 0.29) is 22.1 Å². The Morgan fingerprint density at radius 1 is 0.973 bits per heavy atom. The van der Waals surface area contributed by atoms with E-state index in [9.17, 15) is 29.7 Å². The van der Waals surface area contributed by atoms with Crippen molar-refractivity contribution in [3.63, 3.8) is 0 Å². The van der Waals surface area contributed by atoms with E-state index in [1.54, 1.807) is 24.3 Å². The Kier molecular flexibility index (Phi) is 7.74. The van der Waals surface area contributed by atoms with Crippen LogP contribution in [0.25, 0.3) is 22.1 Å². The molecule has 0 amide bonds. The van der Waals surface area contributed by atoms with E-state index in [1.807, 2.05) is 0 Å². The molecule has 1 aromatic heterocycles. The van der Waals surface area contributed by atoms with Crippen LogP contribution in [0, 0.1) is 0 Å². The minimum absolute atomic E-state index is 0.113. The van der Waals surface area contributed by atoms with E-state index in [1.165, 1.54) is 31.6 Å². The molecule has 0 spiro atoms. The summed E-state index contributed by atoms with van der Waals surface area (Å²) in [7, 11) is 1.54. The monoisotopic (exact) mass is 516 g/mol. The van der Waals surface area contributed by atoms with Crippen molar-refractivity contribution in [2.45, 2.75) is 37.1 Å². The van der Waals surface area contributed by atoms with Crippen molar-refractivity contribution < 1.29 is 53.4 Å². The van der Waals surface area contributed by atoms with Gasteiger partial charge in [-0.3, -0.25) is 14.4 Å². The molecule has 3 aromatic rings. The largest absolute Gasteiger partial charge is 0.497 e. The number of aliphatic carboxylic acids is 1. The number of fused-ring (bicyclic) bond motifs is 1. The predicted octanol–water partition coefficient (Wildman–Crippen LogP) is 0.673. The van der Waals surface area contributed by atoms with Gasteiger partial charge in [-0.05, 0) is 29.8 Å². The van der Waals surface area contributed by atoms with Crippen LogP contribution in [-0.2, 0) is 19.1 Å². The van der Waals surface area contributed by atoms with Crippen LogP contribution < -0.4 is 14.9 Å². The minimum atomic E-state index is -1.72. The second-order valence-corrected chi connectivity index (χ2v) is 8.25.